The van der Waals surface area contributed by atoms with Crippen molar-refractivity contribution in [1.82, 2.24) is 0 Å². The summed E-state index contributed by atoms with van der Waals surface area (Å²) in [7, 11) is 0. The molecule has 0 amide bonds. The number of aliphatic hydroxyl groups is 18. The zero-order valence-corrected chi connectivity index (χ0v) is 34.5. The first kappa shape index (κ1) is 52.6. The van der Waals surface area contributed by atoms with Gasteiger partial charge in [-0.1, -0.05) is 0 Å². The Morgan fingerprint density at radius 1 is 0.182 bits per heavy atom. The molecule has 22 saturated heterocycles. The maximum absolute atomic E-state index is 11.2. The third-order valence-corrected chi connectivity index (χ3v) is 12.7. The van der Waals surface area contributed by atoms with Crippen LogP contribution in [-0.4, -0.2) is 316 Å². The van der Waals surface area contributed by atoms with Crippen LogP contribution in [0.2, 0.25) is 0 Å². The van der Waals surface area contributed by atoms with Crippen LogP contribution in [0.3, 0.4) is 0 Å². The van der Waals surface area contributed by atoms with Gasteiger partial charge in [-0.05, 0) is 0 Å². The summed E-state index contributed by atoms with van der Waals surface area (Å²) in [6, 6.07) is 0. The van der Waals surface area contributed by atoms with Crippen LogP contribution in [0.4, 0.5) is 0 Å². The fraction of sp³-hybridized carbons (Fsp3) is 1.00. The smallest absolute Gasteiger partial charge is 0.187 e. The van der Waals surface area contributed by atoms with Gasteiger partial charge in [0.1, 0.15) is 146 Å². The molecule has 0 radical (unpaired) electrons. The molecule has 30 nitrogen and oxygen atoms in total. The van der Waals surface area contributed by atoms with Crippen LogP contribution in [0.5, 0.6) is 0 Å². The molecule has 22 fully saturated rings. The Bertz CT molecular complexity index is 1230. The molecule has 12 unspecified atom stereocenters. The van der Waals surface area contributed by atoms with Crippen LogP contribution in [0.15, 0.2) is 0 Å². The Kier molecular flexibility index (Phi) is 17.6. The number of rotatable bonds is 6. The predicted molar refractivity (Wildman–Crippen MR) is 196 cm³/mol. The first-order chi connectivity index (χ1) is 31.4. The van der Waals surface area contributed by atoms with E-state index in [4.69, 9.17) is 56.8 Å². The maximum atomic E-state index is 11.2. The SMILES string of the molecule is OCC1OC2O[C@@H]3C(CO)O[C@H](O[C@@H]4C(CO)O[C@H](O[C@@H]5C(CO)O[C@H](O[C@@H]6C(CO)O[C@H](O[C@@H]7C(CO)O[C@H](O[C@H]1[C@H](O)[C@@H]2O)C(O)[C@H]7O)C(O)[C@H]6O)C(O)[C@H]5O)C(O)[C@H]4O)C(O)[C@H]3O. The summed E-state index contributed by atoms with van der Waals surface area (Å²) in [5.41, 5.74) is 0. The second-order valence-electron chi connectivity index (χ2n) is 16.8. The lowest BCUT2D eigenvalue weighted by Gasteiger charge is -2.50. The summed E-state index contributed by atoms with van der Waals surface area (Å²) in [4.78, 5) is 0. The van der Waals surface area contributed by atoms with Crippen molar-refractivity contribution < 1.29 is 149 Å². The highest BCUT2D eigenvalue weighted by Crippen LogP contribution is 2.38. The van der Waals surface area contributed by atoms with Crippen molar-refractivity contribution in [2.24, 2.45) is 0 Å². The highest BCUT2D eigenvalue weighted by molar-refractivity contribution is 5.01. The van der Waals surface area contributed by atoms with E-state index >= 15 is 0 Å². The monoisotopic (exact) mass is 972 g/mol. The molecule has 0 saturated carbocycles. The van der Waals surface area contributed by atoms with E-state index < -0.39 is 224 Å². The zero-order valence-electron chi connectivity index (χ0n) is 34.5. The highest BCUT2D eigenvalue weighted by atomic mass is 16.8. The Hall–Kier alpha value is -1.20. The molecule has 384 valence electrons. The van der Waals surface area contributed by atoms with Gasteiger partial charge < -0.3 is 149 Å². The number of ether oxygens (including phenoxy) is 12. The van der Waals surface area contributed by atoms with Gasteiger partial charge in [0.2, 0.25) is 0 Å². The van der Waals surface area contributed by atoms with E-state index in [1.807, 2.05) is 0 Å². The van der Waals surface area contributed by atoms with Crippen LogP contribution in [-0.2, 0) is 56.8 Å². The third-order valence-electron chi connectivity index (χ3n) is 12.7. The van der Waals surface area contributed by atoms with Gasteiger partial charge in [0.05, 0.1) is 39.6 Å². The Morgan fingerprint density at radius 3 is 0.409 bits per heavy atom. The van der Waals surface area contributed by atoms with Crippen molar-refractivity contribution in [1.29, 1.82) is 0 Å². The Labute approximate surface area is 372 Å². The maximum Gasteiger partial charge on any atom is 0.187 e. The molecule has 22 aliphatic heterocycles. The van der Waals surface area contributed by atoms with Gasteiger partial charge in [0.25, 0.3) is 0 Å². The van der Waals surface area contributed by atoms with Gasteiger partial charge in [-0.3, -0.25) is 0 Å². The highest BCUT2D eigenvalue weighted by Gasteiger charge is 2.58. The van der Waals surface area contributed by atoms with Crippen molar-refractivity contribution in [2.75, 3.05) is 39.6 Å². The minimum Gasteiger partial charge on any atom is -0.394 e. The van der Waals surface area contributed by atoms with Crippen molar-refractivity contribution in [2.45, 2.75) is 184 Å². The van der Waals surface area contributed by atoms with Gasteiger partial charge in [-0.15, -0.1) is 0 Å². The molecule has 22 heterocycles. The minimum atomic E-state index is -2.15. The van der Waals surface area contributed by atoms with Gasteiger partial charge in [0, 0.05) is 0 Å². The van der Waals surface area contributed by atoms with Crippen molar-refractivity contribution in [3.8, 4) is 0 Å². The molecule has 22 rings (SSSR count). The lowest BCUT2D eigenvalue weighted by Crippen LogP contribution is -2.69. The Balaban J connectivity index is 1.19. The average molecular weight is 973 g/mol. The van der Waals surface area contributed by atoms with E-state index in [0.29, 0.717) is 0 Å². The van der Waals surface area contributed by atoms with E-state index in [0.717, 1.165) is 0 Å². The molecule has 0 aliphatic carbocycles. The lowest BCUT2D eigenvalue weighted by molar-refractivity contribution is -0.404. The molecule has 18 N–H and O–H groups in total. The summed E-state index contributed by atoms with van der Waals surface area (Å²) in [6.45, 7) is -5.99. The summed E-state index contributed by atoms with van der Waals surface area (Å²) in [5.74, 6) is 0. The normalized spacial score (nSPS) is 55.4. The number of hydrogen-bond donors (Lipinski definition) is 18. The van der Waals surface area contributed by atoms with Crippen LogP contribution >= 0.6 is 0 Å². The molecular formula is C36H60O30. The van der Waals surface area contributed by atoms with Crippen LogP contribution in [0.25, 0.3) is 0 Å². The lowest BCUT2D eigenvalue weighted by atomic mass is 9.94. The van der Waals surface area contributed by atoms with Crippen molar-refractivity contribution in [3.05, 3.63) is 0 Å². The van der Waals surface area contributed by atoms with Gasteiger partial charge in [0.15, 0.2) is 37.7 Å². The second-order valence-corrected chi connectivity index (χ2v) is 16.8. The largest absolute Gasteiger partial charge is 0.394 e. The molecule has 12 bridgehead atoms. The van der Waals surface area contributed by atoms with Gasteiger partial charge in [-0.25, -0.2) is 0 Å². The fourth-order valence-electron chi connectivity index (χ4n) is 8.93. The third kappa shape index (κ3) is 10.0. The van der Waals surface area contributed by atoms with Crippen molar-refractivity contribution >= 4 is 0 Å². The van der Waals surface area contributed by atoms with E-state index in [2.05, 4.69) is 0 Å². The molecule has 0 aromatic rings. The molecule has 30 heteroatoms. The standard InChI is InChI=1S/C36H60O30/c37-1-7-25-13(43)19(49)31(55-7)62-26-8(2-38)57-33(21(51)15(26)45)64-28-10(4-40)59-35(23(53)17(28)47)66-30-12(6-42)60-36(24(54)18(30)48)65-29-11(5-41)58-34(22(52)16(29)46)63-27-9(3-39)56-32(61-25)20(50)14(27)44/h7-54H,1-6H2/t7?,8?,9?,10?,11?,12?,13-,14-,15-,16-,17-,18-,19+,20?,21?,22?,23?,24?,25-,26-,27-,28-,29-,30-,31?,32-,33-,34-,35-,36-/m1/s1. The minimum absolute atomic E-state index is 0.999. The molecule has 0 aromatic carbocycles. The molecular weight excluding hydrogens is 912 g/mol. The second kappa shape index (κ2) is 22.1. The van der Waals surface area contributed by atoms with Gasteiger partial charge in [-0.2, -0.15) is 0 Å². The van der Waals surface area contributed by atoms with Crippen LogP contribution in [0.1, 0.15) is 0 Å². The van der Waals surface area contributed by atoms with E-state index in [1.54, 1.807) is 0 Å². The van der Waals surface area contributed by atoms with Gasteiger partial charge >= 0.3 is 0 Å². The molecule has 66 heavy (non-hydrogen) atoms. The molecule has 30 atom stereocenters. The van der Waals surface area contributed by atoms with E-state index in [9.17, 15) is 91.9 Å². The van der Waals surface area contributed by atoms with Crippen LogP contribution < -0.4 is 0 Å². The van der Waals surface area contributed by atoms with Crippen LogP contribution in [0, 0.1) is 0 Å². The number of aliphatic hydroxyl groups excluding tert-OH is 18. The summed E-state index contributed by atoms with van der Waals surface area (Å²) < 4.78 is 67.9. The fourth-order valence-corrected chi connectivity index (χ4v) is 8.93. The summed E-state index contributed by atoms with van der Waals surface area (Å²) >= 11 is 0. The molecule has 22 aliphatic rings. The van der Waals surface area contributed by atoms with Crippen molar-refractivity contribution in [3.63, 3.8) is 0 Å². The number of hydrogen-bond acceptors (Lipinski definition) is 30. The van der Waals surface area contributed by atoms with E-state index in [1.165, 1.54) is 0 Å². The first-order valence-corrected chi connectivity index (χ1v) is 21.1. The van der Waals surface area contributed by atoms with E-state index in [-0.39, 0.29) is 0 Å². The molecule has 0 spiro atoms. The predicted octanol–water partition coefficient (Wildman–Crippen LogP) is -13.1. The summed E-state index contributed by atoms with van der Waals surface area (Å²) in [6.07, 6.45) is -58.5. The quantitative estimate of drug-likeness (QED) is 0.117. The summed E-state index contributed by atoms with van der Waals surface area (Å²) in [5, 5.41) is 196. The molecule has 0 aromatic heterocycles. The average Bonchev–Trinajstić information content (AvgIpc) is 3.31. The Morgan fingerprint density at radius 2 is 0.303 bits per heavy atom. The topological polar surface area (TPSA) is 475 Å². The zero-order chi connectivity index (χ0) is 48.0. The first-order valence-electron chi connectivity index (χ1n) is 21.1.